The van der Waals surface area contributed by atoms with Crippen molar-refractivity contribution in [3.05, 3.63) is 65.2 Å². The highest BCUT2D eigenvalue weighted by molar-refractivity contribution is 5.27. The number of aryl methyl sites for hydroxylation is 2. The van der Waals surface area contributed by atoms with Crippen molar-refractivity contribution >= 4 is 0 Å². The normalized spacial score (nSPS) is 12.4. The SMILES string of the molecule is Cc1cc(F)ccc1CC(O)CCc1ccccn1. The molecule has 1 aromatic carbocycles. The van der Waals surface area contributed by atoms with Crippen LogP contribution in [0, 0.1) is 12.7 Å². The lowest BCUT2D eigenvalue weighted by molar-refractivity contribution is 0.164. The first-order chi connectivity index (χ1) is 9.15. The van der Waals surface area contributed by atoms with E-state index in [0.717, 1.165) is 23.2 Å². The van der Waals surface area contributed by atoms with Gasteiger partial charge in [-0.2, -0.15) is 0 Å². The van der Waals surface area contributed by atoms with Crippen LogP contribution in [-0.4, -0.2) is 16.2 Å². The summed E-state index contributed by atoms with van der Waals surface area (Å²) >= 11 is 0. The van der Waals surface area contributed by atoms with E-state index >= 15 is 0 Å². The lowest BCUT2D eigenvalue weighted by atomic mass is 9.99. The topological polar surface area (TPSA) is 33.1 Å². The highest BCUT2D eigenvalue weighted by Crippen LogP contribution is 2.14. The van der Waals surface area contributed by atoms with Crippen molar-refractivity contribution in [2.45, 2.75) is 32.3 Å². The Hall–Kier alpha value is -1.74. The Balaban J connectivity index is 1.89. The molecule has 2 rings (SSSR count). The highest BCUT2D eigenvalue weighted by Gasteiger charge is 2.09. The van der Waals surface area contributed by atoms with Gasteiger partial charge in [-0.05, 0) is 61.6 Å². The number of aromatic nitrogens is 1. The van der Waals surface area contributed by atoms with Crippen molar-refractivity contribution in [3.63, 3.8) is 0 Å². The molecule has 100 valence electrons. The first kappa shape index (κ1) is 13.7. The Morgan fingerprint density at radius 2 is 2.11 bits per heavy atom. The van der Waals surface area contributed by atoms with E-state index in [1.165, 1.54) is 12.1 Å². The molecule has 0 amide bonds. The number of aliphatic hydroxyl groups excluding tert-OH is 1. The molecule has 1 atom stereocenters. The third-order valence-electron chi connectivity index (χ3n) is 3.22. The molecule has 2 aromatic rings. The van der Waals surface area contributed by atoms with E-state index in [2.05, 4.69) is 4.98 Å². The van der Waals surface area contributed by atoms with Crippen molar-refractivity contribution < 1.29 is 9.50 Å². The lowest BCUT2D eigenvalue weighted by Crippen LogP contribution is -2.13. The third-order valence-corrected chi connectivity index (χ3v) is 3.22. The summed E-state index contributed by atoms with van der Waals surface area (Å²) in [6, 6.07) is 10.5. The number of benzene rings is 1. The van der Waals surface area contributed by atoms with E-state index in [-0.39, 0.29) is 5.82 Å². The molecule has 0 aliphatic carbocycles. The second-order valence-corrected chi connectivity index (χ2v) is 4.79. The molecule has 3 heteroatoms. The maximum absolute atomic E-state index is 13.0. The van der Waals surface area contributed by atoms with Gasteiger partial charge in [-0.1, -0.05) is 12.1 Å². The van der Waals surface area contributed by atoms with Crippen LogP contribution in [-0.2, 0) is 12.8 Å². The molecule has 0 radical (unpaired) electrons. The lowest BCUT2D eigenvalue weighted by Gasteiger charge is -2.12. The van der Waals surface area contributed by atoms with E-state index in [1.807, 2.05) is 25.1 Å². The Kier molecular flexibility index (Phi) is 4.63. The van der Waals surface area contributed by atoms with Gasteiger partial charge >= 0.3 is 0 Å². The molecule has 1 unspecified atom stereocenters. The predicted octanol–water partition coefficient (Wildman–Crippen LogP) is 3.07. The van der Waals surface area contributed by atoms with E-state index in [9.17, 15) is 9.50 Å². The minimum atomic E-state index is -0.425. The molecule has 1 N–H and O–H groups in total. The van der Waals surface area contributed by atoms with Gasteiger partial charge in [-0.15, -0.1) is 0 Å². The van der Waals surface area contributed by atoms with Crippen molar-refractivity contribution in [1.82, 2.24) is 4.98 Å². The largest absolute Gasteiger partial charge is 0.393 e. The van der Waals surface area contributed by atoms with Crippen LogP contribution in [0.25, 0.3) is 0 Å². The molecular formula is C16H18FNO. The zero-order chi connectivity index (χ0) is 13.7. The molecule has 0 spiro atoms. The van der Waals surface area contributed by atoms with E-state index in [0.29, 0.717) is 12.8 Å². The molecule has 1 heterocycles. The van der Waals surface area contributed by atoms with E-state index in [4.69, 9.17) is 0 Å². The van der Waals surface area contributed by atoms with Crippen LogP contribution < -0.4 is 0 Å². The third kappa shape index (κ3) is 4.14. The number of hydrogen-bond donors (Lipinski definition) is 1. The number of rotatable bonds is 5. The molecular weight excluding hydrogens is 241 g/mol. The van der Waals surface area contributed by atoms with Gasteiger partial charge in [0.2, 0.25) is 0 Å². The van der Waals surface area contributed by atoms with Crippen LogP contribution in [0.5, 0.6) is 0 Å². The van der Waals surface area contributed by atoms with Gasteiger partial charge in [-0.25, -0.2) is 4.39 Å². The number of nitrogens with zero attached hydrogens (tertiary/aromatic N) is 1. The molecule has 0 saturated carbocycles. The van der Waals surface area contributed by atoms with Gasteiger partial charge in [0.25, 0.3) is 0 Å². The van der Waals surface area contributed by atoms with Crippen molar-refractivity contribution in [3.8, 4) is 0 Å². The fourth-order valence-electron chi connectivity index (χ4n) is 2.10. The van der Waals surface area contributed by atoms with Crippen molar-refractivity contribution in [2.75, 3.05) is 0 Å². The summed E-state index contributed by atoms with van der Waals surface area (Å²) < 4.78 is 13.0. The van der Waals surface area contributed by atoms with Crippen LogP contribution in [0.2, 0.25) is 0 Å². The predicted molar refractivity (Wildman–Crippen MR) is 73.4 cm³/mol. The minimum absolute atomic E-state index is 0.232. The average molecular weight is 259 g/mol. The van der Waals surface area contributed by atoms with Gasteiger partial charge in [0, 0.05) is 11.9 Å². The van der Waals surface area contributed by atoms with Gasteiger partial charge < -0.3 is 5.11 Å². The standard InChI is InChI=1S/C16H18FNO/c1-12-10-14(17)6-5-13(12)11-16(19)8-7-15-4-2-3-9-18-15/h2-6,9-10,16,19H,7-8,11H2,1H3. The van der Waals surface area contributed by atoms with Crippen LogP contribution in [0.4, 0.5) is 4.39 Å². The van der Waals surface area contributed by atoms with Gasteiger partial charge in [0.15, 0.2) is 0 Å². The number of halogens is 1. The number of hydrogen-bond acceptors (Lipinski definition) is 2. The Morgan fingerprint density at radius 3 is 2.79 bits per heavy atom. The second-order valence-electron chi connectivity index (χ2n) is 4.79. The van der Waals surface area contributed by atoms with Crippen molar-refractivity contribution in [1.29, 1.82) is 0 Å². The molecule has 0 bridgehead atoms. The summed E-state index contributed by atoms with van der Waals surface area (Å²) in [6.45, 7) is 1.86. The number of aliphatic hydroxyl groups is 1. The summed E-state index contributed by atoms with van der Waals surface area (Å²) in [7, 11) is 0. The molecule has 1 aromatic heterocycles. The first-order valence-electron chi connectivity index (χ1n) is 6.48. The van der Waals surface area contributed by atoms with E-state index in [1.54, 1.807) is 12.3 Å². The quantitative estimate of drug-likeness (QED) is 0.895. The Morgan fingerprint density at radius 1 is 1.26 bits per heavy atom. The molecule has 0 aliphatic rings. The fourth-order valence-corrected chi connectivity index (χ4v) is 2.10. The zero-order valence-corrected chi connectivity index (χ0v) is 11.0. The van der Waals surface area contributed by atoms with Gasteiger partial charge in [-0.3, -0.25) is 4.98 Å². The summed E-state index contributed by atoms with van der Waals surface area (Å²) in [5, 5.41) is 10.0. The van der Waals surface area contributed by atoms with Crippen LogP contribution in [0.15, 0.2) is 42.6 Å². The van der Waals surface area contributed by atoms with Crippen LogP contribution in [0.3, 0.4) is 0 Å². The molecule has 2 nitrogen and oxygen atoms in total. The van der Waals surface area contributed by atoms with Crippen LogP contribution in [0.1, 0.15) is 23.2 Å². The maximum atomic E-state index is 13.0. The summed E-state index contributed by atoms with van der Waals surface area (Å²) in [5.41, 5.74) is 2.86. The smallest absolute Gasteiger partial charge is 0.123 e. The van der Waals surface area contributed by atoms with Crippen molar-refractivity contribution in [2.24, 2.45) is 0 Å². The number of pyridine rings is 1. The summed E-state index contributed by atoms with van der Waals surface area (Å²) in [5.74, 6) is -0.232. The molecule has 0 fully saturated rings. The molecule has 19 heavy (non-hydrogen) atoms. The summed E-state index contributed by atoms with van der Waals surface area (Å²) in [4.78, 5) is 4.23. The van der Waals surface area contributed by atoms with Gasteiger partial charge in [0.05, 0.1) is 6.10 Å². The van der Waals surface area contributed by atoms with E-state index < -0.39 is 6.10 Å². The second kappa shape index (κ2) is 6.43. The zero-order valence-electron chi connectivity index (χ0n) is 11.0. The average Bonchev–Trinajstić information content (AvgIpc) is 2.41. The highest BCUT2D eigenvalue weighted by atomic mass is 19.1. The maximum Gasteiger partial charge on any atom is 0.123 e. The fraction of sp³-hybridized carbons (Fsp3) is 0.312. The van der Waals surface area contributed by atoms with Gasteiger partial charge in [0.1, 0.15) is 5.82 Å². The Labute approximate surface area is 112 Å². The monoisotopic (exact) mass is 259 g/mol. The molecule has 0 saturated heterocycles. The van der Waals surface area contributed by atoms with Crippen LogP contribution >= 0.6 is 0 Å². The molecule has 0 aliphatic heterocycles. The first-order valence-corrected chi connectivity index (χ1v) is 6.48. The summed E-state index contributed by atoms with van der Waals surface area (Å²) in [6.07, 6.45) is 3.30. The minimum Gasteiger partial charge on any atom is -0.393 e. The Bertz CT molecular complexity index is 528.